The van der Waals surface area contributed by atoms with E-state index in [0.717, 1.165) is 42.7 Å². The number of hydrogen-bond acceptors (Lipinski definition) is 3. The summed E-state index contributed by atoms with van der Waals surface area (Å²) in [4.78, 5) is 27.7. The molecule has 1 amide bonds. The fourth-order valence-corrected chi connectivity index (χ4v) is 3.12. The van der Waals surface area contributed by atoms with Gasteiger partial charge in [-0.1, -0.05) is 11.6 Å². The van der Waals surface area contributed by atoms with Crippen LogP contribution in [0.2, 0.25) is 5.02 Å². The first-order chi connectivity index (χ1) is 10.7. The average molecular weight is 356 g/mol. The Balaban J connectivity index is 2.57. The topological polar surface area (TPSA) is 56.4 Å². The first-order valence-corrected chi connectivity index (χ1v) is 7.84. The lowest BCUT2D eigenvalue weighted by atomic mass is 10.2. The van der Waals surface area contributed by atoms with Gasteiger partial charge in [0.25, 0.3) is 0 Å². The van der Waals surface area contributed by atoms with Crippen molar-refractivity contribution >= 4 is 29.5 Å². The van der Waals surface area contributed by atoms with Crippen LogP contribution in [0.15, 0.2) is 33.0 Å². The predicted octanol–water partition coefficient (Wildman–Crippen LogP) is 2.60. The van der Waals surface area contributed by atoms with Gasteiger partial charge in [-0.2, -0.15) is 4.99 Å². The number of amides is 1. The van der Waals surface area contributed by atoms with Gasteiger partial charge in [-0.05, 0) is 49.1 Å². The highest BCUT2D eigenvalue weighted by atomic mass is 35.5. The molecule has 5 nitrogen and oxygen atoms in total. The highest BCUT2D eigenvalue weighted by molar-refractivity contribution is 7.97. The SMILES string of the molecule is CC(=O)N=c1c(F)cn(Sc2cc(C)c(Cl)cc2C)c(=O)n1C. The van der Waals surface area contributed by atoms with Crippen LogP contribution in [0.3, 0.4) is 0 Å². The Kier molecular flexibility index (Phi) is 5.11. The Morgan fingerprint density at radius 2 is 1.96 bits per heavy atom. The standard InChI is InChI=1S/C15H15ClFN3O2S/c1-8-6-13(9(2)5-11(8)16)23-20-7-12(17)14(18-10(3)21)19(4)15(20)22/h5-7H,1-4H3. The van der Waals surface area contributed by atoms with Crippen LogP contribution in [-0.2, 0) is 11.8 Å². The van der Waals surface area contributed by atoms with Crippen molar-refractivity contribution in [1.82, 2.24) is 8.54 Å². The molecule has 1 aromatic carbocycles. The Morgan fingerprint density at radius 1 is 1.30 bits per heavy atom. The maximum absolute atomic E-state index is 14.1. The predicted molar refractivity (Wildman–Crippen MR) is 88.1 cm³/mol. The summed E-state index contributed by atoms with van der Waals surface area (Å²) in [6.45, 7) is 4.90. The van der Waals surface area contributed by atoms with E-state index in [-0.39, 0.29) is 5.49 Å². The lowest BCUT2D eigenvalue weighted by Gasteiger charge is -2.11. The van der Waals surface area contributed by atoms with Crippen LogP contribution < -0.4 is 11.2 Å². The maximum Gasteiger partial charge on any atom is 0.340 e. The molecule has 1 aromatic heterocycles. The second-order valence-electron chi connectivity index (χ2n) is 5.06. The Morgan fingerprint density at radius 3 is 2.57 bits per heavy atom. The molecule has 122 valence electrons. The lowest BCUT2D eigenvalue weighted by molar-refractivity contribution is -0.116. The minimum atomic E-state index is -0.752. The third kappa shape index (κ3) is 3.73. The highest BCUT2D eigenvalue weighted by Gasteiger charge is 2.11. The zero-order chi connectivity index (χ0) is 17.3. The van der Waals surface area contributed by atoms with Crippen molar-refractivity contribution in [2.45, 2.75) is 25.7 Å². The molecule has 8 heteroatoms. The van der Waals surface area contributed by atoms with Crippen LogP contribution in [0.25, 0.3) is 0 Å². The molecule has 1 heterocycles. The van der Waals surface area contributed by atoms with Crippen LogP contribution in [-0.4, -0.2) is 14.4 Å². The molecular weight excluding hydrogens is 341 g/mol. The van der Waals surface area contributed by atoms with Crippen LogP contribution in [0.1, 0.15) is 18.1 Å². The van der Waals surface area contributed by atoms with Crippen molar-refractivity contribution in [3.63, 3.8) is 0 Å². The van der Waals surface area contributed by atoms with Crippen molar-refractivity contribution in [2.75, 3.05) is 0 Å². The quantitative estimate of drug-likeness (QED) is 0.832. The van der Waals surface area contributed by atoms with Gasteiger partial charge in [0.05, 0.1) is 6.20 Å². The second kappa shape index (κ2) is 6.72. The molecule has 0 atom stereocenters. The Bertz CT molecular complexity index is 918. The summed E-state index contributed by atoms with van der Waals surface area (Å²) >= 11 is 7.13. The molecule has 0 spiro atoms. The van der Waals surface area contributed by atoms with E-state index in [0.29, 0.717) is 5.02 Å². The summed E-state index contributed by atoms with van der Waals surface area (Å²) in [6, 6.07) is 3.63. The number of nitrogens with zero attached hydrogens (tertiary/aromatic N) is 3. The lowest BCUT2D eigenvalue weighted by Crippen LogP contribution is -2.38. The van der Waals surface area contributed by atoms with Crippen molar-refractivity contribution < 1.29 is 9.18 Å². The van der Waals surface area contributed by atoms with Gasteiger partial charge in [0, 0.05) is 23.9 Å². The van der Waals surface area contributed by atoms with Crippen molar-refractivity contribution in [1.29, 1.82) is 0 Å². The van der Waals surface area contributed by atoms with E-state index in [1.165, 1.54) is 14.0 Å². The largest absolute Gasteiger partial charge is 0.340 e. The van der Waals surface area contributed by atoms with E-state index in [1.807, 2.05) is 19.9 Å². The summed E-state index contributed by atoms with van der Waals surface area (Å²) in [7, 11) is 1.37. The summed E-state index contributed by atoms with van der Waals surface area (Å²) in [5, 5.41) is 0.631. The summed E-state index contributed by atoms with van der Waals surface area (Å²) in [6.07, 6.45) is 1.03. The van der Waals surface area contributed by atoms with Gasteiger partial charge >= 0.3 is 5.69 Å². The smallest absolute Gasteiger partial charge is 0.278 e. The zero-order valence-corrected chi connectivity index (χ0v) is 14.6. The Labute approximate surface area is 141 Å². The molecule has 0 saturated carbocycles. The van der Waals surface area contributed by atoms with E-state index in [4.69, 9.17) is 11.6 Å². The third-order valence-corrected chi connectivity index (χ3v) is 4.66. The summed E-state index contributed by atoms with van der Waals surface area (Å²) < 4.78 is 16.3. The fourth-order valence-electron chi connectivity index (χ4n) is 1.92. The number of carbonyl (C=O) groups excluding carboxylic acids is 1. The van der Waals surface area contributed by atoms with Gasteiger partial charge in [-0.15, -0.1) is 0 Å². The molecule has 0 saturated heterocycles. The molecule has 0 radical (unpaired) electrons. The summed E-state index contributed by atoms with van der Waals surface area (Å²) in [5.74, 6) is -1.33. The third-order valence-electron chi connectivity index (χ3n) is 3.15. The van der Waals surface area contributed by atoms with Gasteiger partial charge in [-0.25, -0.2) is 13.2 Å². The van der Waals surface area contributed by atoms with E-state index in [1.54, 1.807) is 6.07 Å². The maximum atomic E-state index is 14.1. The van der Waals surface area contributed by atoms with E-state index in [2.05, 4.69) is 4.99 Å². The number of aryl methyl sites for hydroxylation is 2. The minimum absolute atomic E-state index is 0.289. The van der Waals surface area contributed by atoms with Gasteiger partial charge in [-0.3, -0.25) is 9.36 Å². The number of halogens is 2. The van der Waals surface area contributed by atoms with Crippen LogP contribution in [0, 0.1) is 19.7 Å². The zero-order valence-electron chi connectivity index (χ0n) is 13.1. The number of hydrogen-bond donors (Lipinski definition) is 0. The van der Waals surface area contributed by atoms with Crippen molar-refractivity contribution in [3.05, 3.63) is 56.3 Å². The van der Waals surface area contributed by atoms with E-state index >= 15 is 0 Å². The van der Waals surface area contributed by atoms with Crippen LogP contribution in [0.5, 0.6) is 0 Å². The van der Waals surface area contributed by atoms with E-state index in [9.17, 15) is 14.0 Å². The fraction of sp³-hybridized carbons (Fsp3) is 0.267. The normalized spacial score (nSPS) is 11.8. The average Bonchev–Trinajstić information content (AvgIpc) is 2.46. The molecular formula is C15H15ClFN3O2S. The van der Waals surface area contributed by atoms with Gasteiger partial charge < -0.3 is 0 Å². The minimum Gasteiger partial charge on any atom is -0.278 e. The molecule has 0 bridgehead atoms. The van der Waals surface area contributed by atoms with Crippen molar-refractivity contribution in [2.24, 2.45) is 12.0 Å². The summed E-state index contributed by atoms with van der Waals surface area (Å²) in [5.41, 5.74) is 0.950. The second-order valence-corrected chi connectivity index (χ2v) is 6.48. The Hall–Kier alpha value is -1.86. The first kappa shape index (κ1) is 17.5. The van der Waals surface area contributed by atoms with Gasteiger partial charge in [0.1, 0.15) is 0 Å². The number of carbonyl (C=O) groups is 1. The molecule has 0 aliphatic carbocycles. The molecule has 0 unspecified atom stereocenters. The number of rotatable bonds is 2. The van der Waals surface area contributed by atoms with E-state index < -0.39 is 17.4 Å². The highest BCUT2D eigenvalue weighted by Crippen LogP contribution is 2.28. The molecule has 0 aliphatic heterocycles. The van der Waals surface area contributed by atoms with Crippen LogP contribution in [0.4, 0.5) is 4.39 Å². The van der Waals surface area contributed by atoms with Crippen LogP contribution >= 0.6 is 23.5 Å². The molecule has 0 N–H and O–H groups in total. The molecule has 2 rings (SSSR count). The molecule has 0 aliphatic rings. The molecule has 0 fully saturated rings. The molecule has 2 aromatic rings. The molecule has 23 heavy (non-hydrogen) atoms. The monoisotopic (exact) mass is 355 g/mol. The number of benzene rings is 1. The van der Waals surface area contributed by atoms with Crippen molar-refractivity contribution in [3.8, 4) is 0 Å². The van der Waals surface area contributed by atoms with Gasteiger partial charge in [0.2, 0.25) is 5.91 Å². The first-order valence-electron chi connectivity index (χ1n) is 6.69. The van der Waals surface area contributed by atoms with Gasteiger partial charge in [0.15, 0.2) is 11.3 Å². The number of aromatic nitrogens is 2.